The fraction of sp³-hybridized carbons (Fsp3) is 0.619. The Morgan fingerprint density at radius 1 is 1.16 bits per heavy atom. The summed E-state index contributed by atoms with van der Waals surface area (Å²) in [5.74, 6) is -0.0251. The van der Waals surface area contributed by atoms with E-state index >= 15 is 0 Å². The molecule has 0 aromatic carbocycles. The molecule has 1 rings (SSSR count). The number of unbranched alkanes of at least 4 members (excludes halogenated alkanes) is 6. The second kappa shape index (κ2) is 10.2. The van der Waals surface area contributed by atoms with Crippen molar-refractivity contribution in [2.45, 2.75) is 78.6 Å². The fourth-order valence-corrected chi connectivity index (χ4v) is 2.87. The van der Waals surface area contributed by atoms with E-state index in [9.17, 15) is 9.18 Å². The molecule has 1 aromatic heterocycles. The van der Waals surface area contributed by atoms with Crippen molar-refractivity contribution >= 4 is 5.97 Å². The zero-order valence-corrected chi connectivity index (χ0v) is 15.7. The van der Waals surface area contributed by atoms with E-state index in [1.165, 1.54) is 38.3 Å². The predicted octanol–water partition coefficient (Wildman–Crippen LogP) is 5.61. The second-order valence-electron chi connectivity index (χ2n) is 7.81. The Bertz CT molecular complexity index is 612. The first-order valence-electron chi connectivity index (χ1n) is 9.13. The van der Waals surface area contributed by atoms with Gasteiger partial charge in [0.1, 0.15) is 0 Å². The maximum absolute atomic E-state index is 14.0. The number of aryl methyl sites for hydroxylation is 1. The van der Waals surface area contributed by atoms with Gasteiger partial charge in [0, 0.05) is 6.20 Å². The third-order valence-corrected chi connectivity index (χ3v) is 4.32. The number of nitrogens with zero attached hydrogens (tertiary/aromatic N) is 1. The van der Waals surface area contributed by atoms with Crippen LogP contribution in [-0.2, 0) is 6.42 Å². The van der Waals surface area contributed by atoms with E-state index in [1.807, 2.05) is 0 Å². The van der Waals surface area contributed by atoms with E-state index in [4.69, 9.17) is 11.5 Å². The first-order chi connectivity index (χ1) is 11.8. The summed E-state index contributed by atoms with van der Waals surface area (Å²) in [5, 5.41) is 8.88. The third-order valence-electron chi connectivity index (χ3n) is 4.32. The molecule has 4 heteroatoms. The summed E-state index contributed by atoms with van der Waals surface area (Å²) >= 11 is 0. The van der Waals surface area contributed by atoms with Crippen LogP contribution in [0, 0.1) is 23.6 Å². The Hall–Kier alpha value is -1.89. The molecule has 0 atom stereocenters. The van der Waals surface area contributed by atoms with Crippen LogP contribution in [-0.4, -0.2) is 16.1 Å². The van der Waals surface area contributed by atoms with Crippen molar-refractivity contribution in [3.63, 3.8) is 0 Å². The summed E-state index contributed by atoms with van der Waals surface area (Å²) in [4.78, 5) is 14.6. The van der Waals surface area contributed by atoms with Gasteiger partial charge in [0.15, 0.2) is 11.5 Å². The summed E-state index contributed by atoms with van der Waals surface area (Å²) in [7, 11) is 0. The normalized spacial score (nSPS) is 11.3. The second-order valence-corrected chi connectivity index (χ2v) is 7.81. The lowest BCUT2D eigenvalue weighted by molar-refractivity contribution is 0.0684. The molecule has 0 saturated heterocycles. The molecule has 0 fully saturated rings. The highest BCUT2D eigenvalue weighted by Crippen LogP contribution is 2.23. The van der Waals surface area contributed by atoms with Gasteiger partial charge < -0.3 is 5.11 Å². The molecule has 0 unspecified atom stereocenters. The maximum atomic E-state index is 14.0. The number of terminal acetylenes is 1. The molecule has 25 heavy (non-hydrogen) atoms. The molecule has 1 aromatic rings. The number of halogens is 1. The number of aromatic carboxylic acids is 1. The molecule has 3 nitrogen and oxygen atoms in total. The number of hydrogen-bond donors (Lipinski definition) is 1. The van der Waals surface area contributed by atoms with Gasteiger partial charge in [-0.1, -0.05) is 65.2 Å². The number of rotatable bonds is 10. The third kappa shape index (κ3) is 7.69. The van der Waals surface area contributed by atoms with Gasteiger partial charge in [-0.3, -0.25) is 0 Å². The largest absolute Gasteiger partial charge is 0.476 e. The van der Waals surface area contributed by atoms with Crippen molar-refractivity contribution in [3.8, 4) is 12.3 Å². The minimum Gasteiger partial charge on any atom is -0.476 e. The van der Waals surface area contributed by atoms with Gasteiger partial charge in [-0.25, -0.2) is 14.2 Å². The monoisotopic (exact) mass is 347 g/mol. The summed E-state index contributed by atoms with van der Waals surface area (Å²) in [5.41, 5.74) is 0.477. The lowest BCUT2D eigenvalue weighted by atomic mass is 9.89. The van der Waals surface area contributed by atoms with E-state index < -0.39 is 17.5 Å². The van der Waals surface area contributed by atoms with Crippen LogP contribution in [0.4, 0.5) is 4.39 Å². The molecule has 1 heterocycles. The van der Waals surface area contributed by atoms with E-state index in [-0.39, 0.29) is 5.56 Å². The quantitative estimate of drug-likeness (QED) is 0.442. The average Bonchev–Trinajstić information content (AvgIpc) is 2.52. The van der Waals surface area contributed by atoms with Crippen molar-refractivity contribution < 1.29 is 14.3 Å². The molecular weight excluding hydrogens is 317 g/mol. The Balaban J connectivity index is 2.30. The molecule has 0 aliphatic heterocycles. The van der Waals surface area contributed by atoms with Crippen LogP contribution in [0.25, 0.3) is 0 Å². The van der Waals surface area contributed by atoms with Crippen molar-refractivity contribution in [1.82, 2.24) is 4.98 Å². The number of hydrogen-bond acceptors (Lipinski definition) is 2. The van der Waals surface area contributed by atoms with Gasteiger partial charge in [0.05, 0.1) is 5.56 Å². The zero-order valence-electron chi connectivity index (χ0n) is 15.7. The van der Waals surface area contributed by atoms with Gasteiger partial charge in [0.25, 0.3) is 0 Å². The molecule has 0 radical (unpaired) electrons. The summed E-state index contributed by atoms with van der Waals surface area (Å²) in [6.07, 6.45) is 16.8. The standard InChI is InChI=1S/C21H30FNO2/c1-5-17-16(15-23-19(18(17)22)20(24)25)13-11-9-7-6-8-10-12-14-21(2,3)4/h1,15H,6-14H2,2-4H3,(H,24,25). The highest BCUT2D eigenvalue weighted by molar-refractivity contribution is 5.86. The number of carboxylic acids is 1. The molecule has 0 bridgehead atoms. The van der Waals surface area contributed by atoms with E-state index in [2.05, 4.69) is 31.7 Å². The van der Waals surface area contributed by atoms with Gasteiger partial charge in [-0.15, -0.1) is 6.42 Å². The fourth-order valence-electron chi connectivity index (χ4n) is 2.87. The average molecular weight is 347 g/mol. The van der Waals surface area contributed by atoms with Crippen LogP contribution in [0.3, 0.4) is 0 Å². The molecule has 0 saturated carbocycles. The maximum Gasteiger partial charge on any atom is 0.357 e. The van der Waals surface area contributed by atoms with E-state index in [0.717, 1.165) is 19.3 Å². The van der Waals surface area contributed by atoms with Crippen LogP contribution in [0.1, 0.15) is 93.8 Å². The summed E-state index contributed by atoms with van der Waals surface area (Å²) in [6, 6.07) is 0. The van der Waals surface area contributed by atoms with Crippen LogP contribution < -0.4 is 0 Å². The Morgan fingerprint density at radius 2 is 1.72 bits per heavy atom. The van der Waals surface area contributed by atoms with Crippen molar-refractivity contribution in [2.24, 2.45) is 5.41 Å². The van der Waals surface area contributed by atoms with Crippen molar-refractivity contribution in [1.29, 1.82) is 0 Å². The van der Waals surface area contributed by atoms with Crippen molar-refractivity contribution in [3.05, 3.63) is 28.8 Å². The molecule has 138 valence electrons. The molecular formula is C21H30FNO2. The minimum atomic E-state index is -1.40. The first kappa shape index (κ1) is 21.2. The number of carbonyl (C=O) groups is 1. The lowest BCUT2D eigenvalue weighted by Crippen LogP contribution is -2.08. The topological polar surface area (TPSA) is 50.2 Å². The number of carboxylic acid groups (broad SMARTS) is 1. The van der Waals surface area contributed by atoms with Crippen LogP contribution in [0.5, 0.6) is 0 Å². The van der Waals surface area contributed by atoms with Crippen molar-refractivity contribution in [2.75, 3.05) is 0 Å². The van der Waals surface area contributed by atoms with Gasteiger partial charge in [0.2, 0.25) is 0 Å². The Morgan fingerprint density at radius 3 is 2.24 bits per heavy atom. The molecule has 1 N–H and O–H groups in total. The molecule has 0 aliphatic carbocycles. The van der Waals surface area contributed by atoms with E-state index in [1.54, 1.807) is 0 Å². The molecule has 0 amide bonds. The first-order valence-corrected chi connectivity index (χ1v) is 9.13. The Kier molecular flexibility index (Phi) is 8.61. The predicted molar refractivity (Wildman–Crippen MR) is 99.2 cm³/mol. The SMILES string of the molecule is C#Cc1c(CCCCCCCCCC(C)(C)C)cnc(C(=O)O)c1F. The van der Waals surface area contributed by atoms with Crippen LogP contribution in [0.15, 0.2) is 6.20 Å². The summed E-state index contributed by atoms with van der Waals surface area (Å²) in [6.45, 7) is 6.83. The lowest BCUT2D eigenvalue weighted by Gasteiger charge is -2.17. The molecule has 0 spiro atoms. The van der Waals surface area contributed by atoms with E-state index in [0.29, 0.717) is 17.4 Å². The Labute approximate surface area is 151 Å². The van der Waals surface area contributed by atoms with Crippen LogP contribution >= 0.6 is 0 Å². The van der Waals surface area contributed by atoms with Gasteiger partial charge in [-0.05, 0) is 30.2 Å². The number of aromatic nitrogens is 1. The van der Waals surface area contributed by atoms with Gasteiger partial charge >= 0.3 is 5.97 Å². The number of pyridine rings is 1. The zero-order chi connectivity index (χ0) is 18.9. The smallest absolute Gasteiger partial charge is 0.357 e. The van der Waals surface area contributed by atoms with Crippen LogP contribution in [0.2, 0.25) is 0 Å². The summed E-state index contributed by atoms with van der Waals surface area (Å²) < 4.78 is 14.0. The molecule has 0 aliphatic rings. The van der Waals surface area contributed by atoms with Gasteiger partial charge in [-0.2, -0.15) is 0 Å². The highest BCUT2D eigenvalue weighted by atomic mass is 19.1. The minimum absolute atomic E-state index is 0.0366. The highest BCUT2D eigenvalue weighted by Gasteiger charge is 2.18.